The molecule has 3 heteroatoms. The minimum atomic E-state index is 0.195. The van der Waals surface area contributed by atoms with Gasteiger partial charge in [0.2, 0.25) is 0 Å². The maximum Gasteiger partial charge on any atom is 0.125 e. The first-order chi connectivity index (χ1) is 7.33. The largest absolute Gasteiger partial charge is 0.467 e. The number of hydrazine groups is 1. The van der Waals surface area contributed by atoms with Crippen LogP contribution < -0.4 is 11.3 Å². The second kappa shape index (κ2) is 4.81. The van der Waals surface area contributed by atoms with Gasteiger partial charge in [-0.1, -0.05) is 19.3 Å². The third-order valence-corrected chi connectivity index (χ3v) is 3.48. The van der Waals surface area contributed by atoms with Crippen molar-refractivity contribution < 1.29 is 4.42 Å². The van der Waals surface area contributed by atoms with Crippen molar-refractivity contribution in [3.8, 4) is 0 Å². The zero-order valence-electron chi connectivity index (χ0n) is 9.33. The Labute approximate surface area is 91.0 Å². The molecule has 0 saturated heterocycles. The molecule has 3 nitrogen and oxygen atoms in total. The number of rotatable bonds is 3. The highest BCUT2D eigenvalue weighted by molar-refractivity contribution is 5.18. The van der Waals surface area contributed by atoms with Gasteiger partial charge in [-0.3, -0.25) is 5.84 Å². The lowest BCUT2D eigenvalue weighted by molar-refractivity contribution is 0.244. The lowest BCUT2D eigenvalue weighted by Gasteiger charge is -2.28. The summed E-state index contributed by atoms with van der Waals surface area (Å²) in [5, 5.41) is 0. The molecule has 1 aliphatic carbocycles. The summed E-state index contributed by atoms with van der Waals surface area (Å²) in [5.74, 6) is 7.30. The summed E-state index contributed by atoms with van der Waals surface area (Å²) in [4.78, 5) is 0. The van der Waals surface area contributed by atoms with Crippen molar-refractivity contribution in [2.24, 2.45) is 11.8 Å². The minimum Gasteiger partial charge on any atom is -0.467 e. The Hall–Kier alpha value is -0.800. The van der Waals surface area contributed by atoms with Crippen LogP contribution in [0.1, 0.15) is 49.5 Å². The van der Waals surface area contributed by atoms with Gasteiger partial charge in [-0.2, -0.15) is 0 Å². The monoisotopic (exact) mass is 208 g/mol. The Balaban J connectivity index is 2.12. The van der Waals surface area contributed by atoms with Gasteiger partial charge in [0.25, 0.3) is 0 Å². The Morgan fingerprint density at radius 2 is 2.13 bits per heavy atom. The third-order valence-electron chi connectivity index (χ3n) is 3.48. The van der Waals surface area contributed by atoms with E-state index < -0.39 is 0 Å². The predicted octanol–water partition coefficient (Wildman–Crippen LogP) is 2.67. The van der Waals surface area contributed by atoms with Crippen LogP contribution in [-0.2, 0) is 0 Å². The zero-order valence-corrected chi connectivity index (χ0v) is 9.33. The van der Waals surface area contributed by atoms with Crippen LogP contribution in [-0.4, -0.2) is 0 Å². The molecule has 1 heterocycles. The number of hydrogen-bond acceptors (Lipinski definition) is 3. The van der Waals surface area contributed by atoms with Crippen LogP contribution in [0.3, 0.4) is 0 Å². The maximum absolute atomic E-state index is 5.65. The molecule has 0 spiro atoms. The second-order valence-corrected chi connectivity index (χ2v) is 4.51. The van der Waals surface area contributed by atoms with Crippen molar-refractivity contribution in [2.45, 2.75) is 45.1 Å². The van der Waals surface area contributed by atoms with Gasteiger partial charge in [0.1, 0.15) is 5.76 Å². The number of furan rings is 1. The molecule has 0 aromatic carbocycles. The van der Waals surface area contributed by atoms with Crippen LogP contribution in [0.15, 0.2) is 16.7 Å². The van der Waals surface area contributed by atoms with E-state index in [9.17, 15) is 0 Å². The standard InChI is InChI=1S/C12H20N2O/c1-9-7-8-15-12(9)11(14-13)10-5-3-2-4-6-10/h7-8,10-11,14H,2-6,13H2,1H3. The Bertz CT molecular complexity index is 302. The first-order valence-electron chi connectivity index (χ1n) is 5.83. The van der Waals surface area contributed by atoms with Crippen molar-refractivity contribution in [1.29, 1.82) is 0 Å². The summed E-state index contributed by atoms with van der Waals surface area (Å²) in [7, 11) is 0. The van der Waals surface area contributed by atoms with E-state index in [2.05, 4.69) is 12.3 Å². The molecular formula is C12H20N2O. The summed E-state index contributed by atoms with van der Waals surface area (Å²) < 4.78 is 5.53. The summed E-state index contributed by atoms with van der Waals surface area (Å²) in [6.07, 6.45) is 8.28. The van der Waals surface area contributed by atoms with E-state index in [4.69, 9.17) is 10.3 Å². The van der Waals surface area contributed by atoms with Gasteiger partial charge in [0.15, 0.2) is 0 Å². The van der Waals surface area contributed by atoms with Crippen LogP contribution in [0.4, 0.5) is 0 Å². The van der Waals surface area contributed by atoms with Gasteiger partial charge in [0.05, 0.1) is 12.3 Å². The van der Waals surface area contributed by atoms with Gasteiger partial charge in [-0.25, -0.2) is 5.43 Å². The molecule has 0 bridgehead atoms. The Kier molecular flexibility index (Phi) is 3.44. The molecule has 1 saturated carbocycles. The van der Waals surface area contributed by atoms with Crippen molar-refractivity contribution in [3.05, 3.63) is 23.7 Å². The molecule has 0 radical (unpaired) electrons. The molecule has 1 aliphatic rings. The molecule has 1 unspecified atom stereocenters. The predicted molar refractivity (Wildman–Crippen MR) is 60.1 cm³/mol. The fourth-order valence-corrected chi connectivity index (χ4v) is 2.60. The average Bonchev–Trinajstić information content (AvgIpc) is 2.68. The lowest BCUT2D eigenvalue weighted by atomic mass is 9.82. The van der Waals surface area contributed by atoms with E-state index in [0.717, 1.165) is 5.76 Å². The van der Waals surface area contributed by atoms with Crippen molar-refractivity contribution >= 4 is 0 Å². The van der Waals surface area contributed by atoms with E-state index in [-0.39, 0.29) is 6.04 Å². The number of nitrogens with two attached hydrogens (primary N) is 1. The highest BCUT2D eigenvalue weighted by Crippen LogP contribution is 2.35. The van der Waals surface area contributed by atoms with E-state index in [1.165, 1.54) is 37.7 Å². The molecule has 0 aliphatic heterocycles. The normalized spacial score (nSPS) is 20.4. The molecule has 1 atom stereocenters. The van der Waals surface area contributed by atoms with Crippen LogP contribution in [0.5, 0.6) is 0 Å². The molecule has 3 N–H and O–H groups in total. The molecule has 2 rings (SSSR count). The lowest BCUT2D eigenvalue weighted by Crippen LogP contribution is -2.34. The summed E-state index contributed by atoms with van der Waals surface area (Å²) >= 11 is 0. The van der Waals surface area contributed by atoms with Crippen LogP contribution in [0.2, 0.25) is 0 Å². The van der Waals surface area contributed by atoms with Crippen LogP contribution in [0.25, 0.3) is 0 Å². The topological polar surface area (TPSA) is 51.2 Å². The highest BCUT2D eigenvalue weighted by Gasteiger charge is 2.27. The summed E-state index contributed by atoms with van der Waals surface area (Å²) in [6, 6.07) is 2.20. The van der Waals surface area contributed by atoms with E-state index in [1.807, 2.05) is 6.07 Å². The molecule has 1 aromatic heterocycles. The Morgan fingerprint density at radius 1 is 1.40 bits per heavy atom. The highest BCUT2D eigenvalue weighted by atomic mass is 16.3. The SMILES string of the molecule is Cc1ccoc1C(NN)C1CCCCC1. The fraction of sp³-hybridized carbons (Fsp3) is 0.667. The van der Waals surface area contributed by atoms with Crippen molar-refractivity contribution in [3.63, 3.8) is 0 Å². The molecule has 15 heavy (non-hydrogen) atoms. The minimum absolute atomic E-state index is 0.195. The van der Waals surface area contributed by atoms with Gasteiger partial charge in [-0.15, -0.1) is 0 Å². The maximum atomic E-state index is 5.65. The van der Waals surface area contributed by atoms with E-state index in [1.54, 1.807) is 6.26 Å². The third kappa shape index (κ3) is 2.24. The van der Waals surface area contributed by atoms with E-state index >= 15 is 0 Å². The first-order valence-corrected chi connectivity index (χ1v) is 5.83. The van der Waals surface area contributed by atoms with Gasteiger partial charge >= 0.3 is 0 Å². The fourth-order valence-electron chi connectivity index (χ4n) is 2.60. The van der Waals surface area contributed by atoms with Gasteiger partial charge in [0, 0.05) is 0 Å². The first kappa shape index (κ1) is 10.7. The molecular weight excluding hydrogens is 188 g/mol. The van der Waals surface area contributed by atoms with E-state index in [0.29, 0.717) is 5.92 Å². The summed E-state index contributed by atoms with van der Waals surface area (Å²) in [6.45, 7) is 2.08. The number of hydrogen-bond donors (Lipinski definition) is 2. The van der Waals surface area contributed by atoms with Gasteiger partial charge < -0.3 is 4.42 Å². The molecule has 0 amide bonds. The Morgan fingerprint density at radius 3 is 2.67 bits per heavy atom. The van der Waals surface area contributed by atoms with Crippen LogP contribution in [0, 0.1) is 12.8 Å². The number of aryl methyl sites for hydroxylation is 1. The average molecular weight is 208 g/mol. The molecule has 1 aromatic rings. The zero-order chi connectivity index (χ0) is 10.7. The van der Waals surface area contributed by atoms with Crippen molar-refractivity contribution in [1.82, 2.24) is 5.43 Å². The quantitative estimate of drug-likeness (QED) is 0.593. The van der Waals surface area contributed by atoms with Gasteiger partial charge in [-0.05, 0) is 37.3 Å². The second-order valence-electron chi connectivity index (χ2n) is 4.51. The molecule has 1 fully saturated rings. The van der Waals surface area contributed by atoms with Crippen LogP contribution >= 0.6 is 0 Å². The molecule has 84 valence electrons. The van der Waals surface area contributed by atoms with Crippen molar-refractivity contribution in [2.75, 3.05) is 0 Å². The summed E-state index contributed by atoms with van der Waals surface area (Å²) in [5.41, 5.74) is 4.12. The smallest absolute Gasteiger partial charge is 0.125 e. The number of nitrogens with one attached hydrogen (secondary N) is 1.